The van der Waals surface area contributed by atoms with E-state index < -0.39 is 0 Å². The van der Waals surface area contributed by atoms with Gasteiger partial charge in [0.15, 0.2) is 0 Å². The molecule has 3 aliphatic heterocycles. The normalized spacial score (nSPS) is 25.2. The summed E-state index contributed by atoms with van der Waals surface area (Å²) >= 11 is 0. The molecule has 4 atom stereocenters. The van der Waals surface area contributed by atoms with Crippen molar-refractivity contribution in [3.05, 3.63) is 66.5 Å². The van der Waals surface area contributed by atoms with Crippen molar-refractivity contribution in [2.24, 2.45) is 11.8 Å². The van der Waals surface area contributed by atoms with Gasteiger partial charge in [-0.15, -0.1) is 5.10 Å². The lowest BCUT2D eigenvalue weighted by Gasteiger charge is -2.49. The maximum atomic E-state index is 12.8. The first kappa shape index (κ1) is 18.9. The highest BCUT2D eigenvalue weighted by Crippen LogP contribution is 2.37. The summed E-state index contributed by atoms with van der Waals surface area (Å²) in [6.45, 7) is 3.29. The van der Waals surface area contributed by atoms with Crippen molar-refractivity contribution >= 4 is 5.91 Å². The van der Waals surface area contributed by atoms with Crippen LogP contribution in [-0.2, 0) is 17.9 Å². The highest BCUT2D eigenvalue weighted by Gasteiger charge is 2.43. The van der Waals surface area contributed by atoms with Crippen LogP contribution in [0.4, 0.5) is 0 Å². The van der Waals surface area contributed by atoms with Crippen LogP contribution < -0.4 is 5.32 Å². The fourth-order valence-corrected chi connectivity index (χ4v) is 4.78. The van der Waals surface area contributed by atoms with Crippen molar-refractivity contribution in [3.63, 3.8) is 0 Å². The van der Waals surface area contributed by atoms with E-state index in [1.54, 1.807) is 6.20 Å². The Balaban J connectivity index is 1.19. The van der Waals surface area contributed by atoms with Crippen LogP contribution >= 0.6 is 0 Å². The third-order valence-corrected chi connectivity index (χ3v) is 6.39. The Morgan fingerprint density at radius 3 is 2.73 bits per heavy atom. The van der Waals surface area contributed by atoms with Gasteiger partial charge in [-0.2, -0.15) is 0 Å². The number of rotatable bonds is 6. The molecule has 2 aromatic heterocycles. The molecule has 30 heavy (non-hydrogen) atoms. The van der Waals surface area contributed by atoms with Gasteiger partial charge in [-0.25, -0.2) is 0 Å². The summed E-state index contributed by atoms with van der Waals surface area (Å²) in [6, 6.07) is 16.3. The molecule has 3 aromatic rings. The van der Waals surface area contributed by atoms with Gasteiger partial charge in [0, 0.05) is 25.3 Å². The van der Waals surface area contributed by atoms with E-state index in [1.807, 2.05) is 59.4 Å². The summed E-state index contributed by atoms with van der Waals surface area (Å²) in [4.78, 5) is 19.6. The summed E-state index contributed by atoms with van der Waals surface area (Å²) in [5.41, 5.74) is 2.77. The van der Waals surface area contributed by atoms with E-state index in [-0.39, 0.29) is 11.8 Å². The highest BCUT2D eigenvalue weighted by atomic mass is 16.1. The molecule has 0 saturated carbocycles. The lowest BCUT2D eigenvalue weighted by molar-refractivity contribution is -0.133. The molecule has 3 aliphatic rings. The molecular formula is C23H26N6O. The van der Waals surface area contributed by atoms with Crippen molar-refractivity contribution < 1.29 is 4.79 Å². The first-order valence-electron chi connectivity index (χ1n) is 10.6. The molecule has 1 N–H and O–H groups in total. The fraction of sp³-hybridized carbons (Fsp3) is 0.391. The number of nitrogens with zero attached hydrogens (tertiary/aromatic N) is 5. The van der Waals surface area contributed by atoms with Crippen molar-refractivity contribution in [1.82, 2.24) is 30.2 Å². The average molecular weight is 403 g/mol. The lowest BCUT2D eigenvalue weighted by Crippen LogP contribution is -2.57. The topological polar surface area (TPSA) is 75.9 Å². The Hall–Kier alpha value is -3.06. The molecular weight excluding hydrogens is 376 g/mol. The van der Waals surface area contributed by atoms with Gasteiger partial charge < -0.3 is 5.32 Å². The first-order chi connectivity index (χ1) is 14.8. The number of aromatic nitrogens is 4. The molecule has 6 rings (SSSR count). The van der Waals surface area contributed by atoms with Crippen LogP contribution in [0.2, 0.25) is 0 Å². The van der Waals surface area contributed by atoms with Gasteiger partial charge in [-0.3, -0.25) is 19.4 Å². The number of amides is 1. The summed E-state index contributed by atoms with van der Waals surface area (Å²) in [6.07, 6.45) is 5.86. The second-order valence-electron chi connectivity index (χ2n) is 8.28. The molecule has 3 fully saturated rings. The maximum Gasteiger partial charge on any atom is 0.224 e. The Morgan fingerprint density at radius 1 is 1.10 bits per heavy atom. The number of piperidine rings is 3. The second kappa shape index (κ2) is 8.36. The van der Waals surface area contributed by atoms with Gasteiger partial charge in [0.05, 0.1) is 24.4 Å². The van der Waals surface area contributed by atoms with E-state index in [4.69, 9.17) is 0 Å². The van der Waals surface area contributed by atoms with Crippen LogP contribution in [0.1, 0.15) is 18.4 Å². The molecule has 2 unspecified atom stereocenters. The Kier molecular flexibility index (Phi) is 5.27. The van der Waals surface area contributed by atoms with Gasteiger partial charge in [-0.1, -0.05) is 41.6 Å². The minimum atomic E-state index is 0.0820. The fourth-order valence-electron chi connectivity index (χ4n) is 4.78. The summed E-state index contributed by atoms with van der Waals surface area (Å²) < 4.78 is 1.92. The molecule has 0 radical (unpaired) electrons. The predicted molar refractivity (Wildman–Crippen MR) is 113 cm³/mol. The second-order valence-corrected chi connectivity index (χ2v) is 8.28. The van der Waals surface area contributed by atoms with E-state index >= 15 is 0 Å². The van der Waals surface area contributed by atoms with Crippen molar-refractivity contribution in [1.29, 1.82) is 0 Å². The SMILES string of the molecule is O=C(NCc1ccccc1)[C@H]1CN2CCC1C[C@@H]2Cn1cc(-c2ccccn2)nn1. The molecule has 2 bridgehead atoms. The van der Waals surface area contributed by atoms with E-state index in [2.05, 4.69) is 25.5 Å². The zero-order valence-electron chi connectivity index (χ0n) is 16.9. The van der Waals surface area contributed by atoms with E-state index in [9.17, 15) is 4.79 Å². The van der Waals surface area contributed by atoms with Crippen LogP contribution in [0.5, 0.6) is 0 Å². The average Bonchev–Trinajstić information content (AvgIpc) is 3.28. The number of pyridine rings is 1. The van der Waals surface area contributed by atoms with E-state index in [0.717, 1.165) is 49.4 Å². The van der Waals surface area contributed by atoms with Crippen molar-refractivity contribution in [2.75, 3.05) is 13.1 Å². The predicted octanol–water partition coefficient (Wildman–Crippen LogP) is 2.37. The molecule has 154 valence electrons. The first-order valence-corrected chi connectivity index (χ1v) is 10.6. The third-order valence-electron chi connectivity index (χ3n) is 6.39. The monoisotopic (exact) mass is 402 g/mol. The van der Waals surface area contributed by atoms with Crippen LogP contribution in [0.3, 0.4) is 0 Å². The largest absolute Gasteiger partial charge is 0.352 e. The Morgan fingerprint density at radius 2 is 1.97 bits per heavy atom. The van der Waals surface area contributed by atoms with E-state index in [0.29, 0.717) is 18.5 Å². The molecule has 1 amide bonds. The number of carbonyl (C=O) groups is 1. The molecule has 5 heterocycles. The zero-order valence-corrected chi connectivity index (χ0v) is 16.9. The number of fused-ring (bicyclic) bond motifs is 3. The van der Waals surface area contributed by atoms with Gasteiger partial charge in [0.2, 0.25) is 5.91 Å². The van der Waals surface area contributed by atoms with Crippen LogP contribution in [0.15, 0.2) is 60.9 Å². The molecule has 0 spiro atoms. The number of carbonyl (C=O) groups excluding carboxylic acids is 1. The smallest absolute Gasteiger partial charge is 0.224 e. The number of benzene rings is 1. The summed E-state index contributed by atoms with van der Waals surface area (Å²) in [5.74, 6) is 0.707. The molecule has 1 aromatic carbocycles. The standard InChI is InChI=1S/C23H26N6O/c30-23(25-13-17-6-2-1-3-7-17)20-15-28-11-9-18(20)12-19(28)14-29-16-22(26-27-29)21-8-4-5-10-24-21/h1-8,10,16,18-20H,9,11-15H2,(H,25,30)/t18?,19-,20+/m1/s1. The molecule has 7 heteroatoms. The highest BCUT2D eigenvalue weighted by molar-refractivity contribution is 5.79. The third kappa shape index (κ3) is 3.98. The minimum absolute atomic E-state index is 0.0820. The van der Waals surface area contributed by atoms with Crippen LogP contribution in [-0.4, -0.2) is 49.9 Å². The quantitative estimate of drug-likeness (QED) is 0.685. The maximum absolute atomic E-state index is 12.8. The zero-order chi connectivity index (χ0) is 20.3. The van der Waals surface area contributed by atoms with Crippen LogP contribution in [0.25, 0.3) is 11.4 Å². The number of hydrogen-bond donors (Lipinski definition) is 1. The molecule has 7 nitrogen and oxygen atoms in total. The Labute approximate surface area is 176 Å². The van der Waals surface area contributed by atoms with Gasteiger partial charge >= 0.3 is 0 Å². The van der Waals surface area contributed by atoms with E-state index in [1.165, 1.54) is 0 Å². The van der Waals surface area contributed by atoms with Gasteiger partial charge in [0.1, 0.15) is 5.69 Å². The van der Waals surface area contributed by atoms with Gasteiger partial charge in [0.25, 0.3) is 0 Å². The molecule has 0 aliphatic carbocycles. The van der Waals surface area contributed by atoms with Crippen molar-refractivity contribution in [3.8, 4) is 11.4 Å². The summed E-state index contributed by atoms with van der Waals surface area (Å²) in [7, 11) is 0. The Bertz CT molecular complexity index is 989. The lowest BCUT2D eigenvalue weighted by atomic mass is 9.75. The van der Waals surface area contributed by atoms with Crippen LogP contribution in [0, 0.1) is 11.8 Å². The van der Waals surface area contributed by atoms with Gasteiger partial charge in [-0.05, 0) is 43.0 Å². The minimum Gasteiger partial charge on any atom is -0.352 e. The van der Waals surface area contributed by atoms with Crippen molar-refractivity contribution in [2.45, 2.75) is 32.0 Å². The number of nitrogens with one attached hydrogen (secondary N) is 1. The summed E-state index contributed by atoms with van der Waals surface area (Å²) in [5, 5.41) is 11.7. The number of hydrogen-bond acceptors (Lipinski definition) is 5. The molecule has 3 saturated heterocycles.